The minimum Gasteiger partial charge on any atom is -0.465 e. The molecule has 0 unspecified atom stereocenters. The molecule has 0 atom stereocenters. The Balaban J connectivity index is 2.32. The Morgan fingerprint density at radius 2 is 2.05 bits per heavy atom. The van der Waals surface area contributed by atoms with E-state index in [1.54, 1.807) is 11.3 Å². The van der Waals surface area contributed by atoms with Gasteiger partial charge >= 0.3 is 5.97 Å². The predicted molar refractivity (Wildman–Crippen MR) is 88.5 cm³/mol. The molecule has 0 saturated heterocycles. The molecule has 1 aromatic rings. The molecule has 0 radical (unpaired) electrons. The molecule has 0 aromatic carbocycles. The van der Waals surface area contributed by atoms with Crippen molar-refractivity contribution in [2.45, 2.75) is 52.0 Å². The first-order valence-corrected chi connectivity index (χ1v) is 8.36. The molecule has 0 N–H and O–H groups in total. The maximum atomic E-state index is 11.9. The van der Waals surface area contributed by atoms with E-state index < -0.39 is 0 Å². The van der Waals surface area contributed by atoms with Crippen LogP contribution in [0.1, 0.15) is 54.9 Å². The molecule has 1 heterocycles. The first-order chi connectivity index (χ1) is 9.60. The van der Waals surface area contributed by atoms with Gasteiger partial charge < -0.3 is 9.64 Å². The molecule has 110 valence electrons. The molecule has 0 spiro atoms. The number of thiophene rings is 1. The van der Waals surface area contributed by atoms with E-state index in [1.165, 1.54) is 44.2 Å². The molecule has 0 bridgehead atoms. The number of methoxy groups -OCH3 is 1. The normalized spacial score (nSPS) is 16.1. The lowest BCUT2D eigenvalue weighted by Gasteiger charge is -2.35. The SMILES string of the molecule is Bc1sc(N(CC)C2CCCCC2)c(C)c1C(=O)OC. The number of ether oxygens (including phenoxy) is 1. The summed E-state index contributed by atoms with van der Waals surface area (Å²) in [4.78, 5) is 14.4. The fourth-order valence-corrected chi connectivity index (χ4v) is 4.56. The second-order valence-corrected chi connectivity index (χ2v) is 6.74. The van der Waals surface area contributed by atoms with E-state index in [4.69, 9.17) is 4.74 Å². The molecule has 1 aliphatic carbocycles. The number of hydrogen-bond acceptors (Lipinski definition) is 4. The summed E-state index contributed by atoms with van der Waals surface area (Å²) in [6, 6.07) is 0.635. The number of hydrogen-bond donors (Lipinski definition) is 0. The van der Waals surface area contributed by atoms with Crippen molar-refractivity contribution in [1.82, 2.24) is 0 Å². The van der Waals surface area contributed by atoms with E-state index in [0.29, 0.717) is 6.04 Å². The number of carbonyl (C=O) groups excluding carboxylic acids is 1. The molecule has 3 nitrogen and oxygen atoms in total. The van der Waals surface area contributed by atoms with Gasteiger partial charge in [0.15, 0.2) is 7.85 Å². The highest BCUT2D eigenvalue weighted by molar-refractivity contribution is 7.24. The van der Waals surface area contributed by atoms with Crippen molar-refractivity contribution >= 4 is 34.9 Å². The van der Waals surface area contributed by atoms with Crippen LogP contribution in [0.2, 0.25) is 0 Å². The van der Waals surface area contributed by atoms with Gasteiger partial charge in [0.2, 0.25) is 0 Å². The summed E-state index contributed by atoms with van der Waals surface area (Å²) in [5, 5.41) is 1.26. The second kappa shape index (κ2) is 6.66. The molecule has 1 aromatic heterocycles. The summed E-state index contributed by atoms with van der Waals surface area (Å²) in [5.74, 6) is -0.206. The Hall–Kier alpha value is -0.965. The molecule has 1 fully saturated rings. The van der Waals surface area contributed by atoms with Crippen LogP contribution in [-0.4, -0.2) is 33.5 Å². The van der Waals surface area contributed by atoms with E-state index in [-0.39, 0.29) is 5.97 Å². The molecule has 5 heteroatoms. The van der Waals surface area contributed by atoms with Crippen molar-refractivity contribution < 1.29 is 9.53 Å². The predicted octanol–water partition coefficient (Wildman–Crippen LogP) is 2.26. The van der Waals surface area contributed by atoms with Crippen LogP contribution < -0.4 is 9.68 Å². The largest absolute Gasteiger partial charge is 0.465 e. The molecule has 1 saturated carbocycles. The first kappa shape index (κ1) is 15.4. The highest BCUT2D eigenvalue weighted by atomic mass is 32.1. The monoisotopic (exact) mass is 293 g/mol. The number of esters is 1. The smallest absolute Gasteiger partial charge is 0.338 e. The van der Waals surface area contributed by atoms with Crippen molar-refractivity contribution in [3.63, 3.8) is 0 Å². The Kier molecular flexibility index (Phi) is 5.14. The lowest BCUT2D eigenvalue weighted by molar-refractivity contribution is 0.0602. The van der Waals surface area contributed by atoms with E-state index in [9.17, 15) is 4.79 Å². The zero-order chi connectivity index (χ0) is 14.7. The fourth-order valence-electron chi connectivity index (χ4n) is 3.28. The fraction of sp³-hybridized carbons (Fsp3) is 0.667. The van der Waals surface area contributed by atoms with Gasteiger partial charge in [0, 0.05) is 12.6 Å². The molecule has 2 rings (SSSR count). The maximum Gasteiger partial charge on any atom is 0.338 e. The average Bonchev–Trinajstić information content (AvgIpc) is 2.75. The third kappa shape index (κ3) is 2.87. The van der Waals surface area contributed by atoms with Gasteiger partial charge in [-0.3, -0.25) is 0 Å². The van der Waals surface area contributed by atoms with Gasteiger partial charge in [-0.25, -0.2) is 4.79 Å². The van der Waals surface area contributed by atoms with Gasteiger partial charge in [-0.2, -0.15) is 0 Å². The van der Waals surface area contributed by atoms with E-state index >= 15 is 0 Å². The quantitative estimate of drug-likeness (QED) is 0.630. The second-order valence-electron chi connectivity index (χ2n) is 5.53. The zero-order valence-corrected chi connectivity index (χ0v) is 13.8. The summed E-state index contributed by atoms with van der Waals surface area (Å²) in [5.41, 5.74) is 1.86. The molecule has 1 aliphatic rings. The molecule has 0 amide bonds. The molecule has 20 heavy (non-hydrogen) atoms. The third-order valence-corrected chi connectivity index (χ3v) is 5.55. The van der Waals surface area contributed by atoms with Crippen LogP contribution in [0.5, 0.6) is 0 Å². The Bertz CT molecular complexity index is 480. The first-order valence-electron chi connectivity index (χ1n) is 7.55. The van der Waals surface area contributed by atoms with Crippen molar-refractivity contribution in [2.75, 3.05) is 18.6 Å². The van der Waals surface area contributed by atoms with Gasteiger partial charge in [-0.05, 0) is 37.0 Å². The summed E-state index contributed by atoms with van der Waals surface area (Å²) < 4.78 is 5.99. The summed E-state index contributed by atoms with van der Waals surface area (Å²) in [6.45, 7) is 5.27. The third-order valence-electron chi connectivity index (χ3n) is 4.30. The number of anilines is 1. The highest BCUT2D eigenvalue weighted by Crippen LogP contribution is 2.34. The Morgan fingerprint density at radius 1 is 1.40 bits per heavy atom. The van der Waals surface area contributed by atoms with Gasteiger partial charge in [0.1, 0.15) is 0 Å². The minimum absolute atomic E-state index is 0.206. The minimum atomic E-state index is -0.206. The Morgan fingerprint density at radius 3 is 2.60 bits per heavy atom. The molecular weight excluding hydrogens is 269 g/mol. The highest BCUT2D eigenvalue weighted by Gasteiger charge is 2.26. The van der Waals surface area contributed by atoms with Gasteiger partial charge in [0.05, 0.1) is 17.7 Å². The number of rotatable bonds is 4. The summed E-state index contributed by atoms with van der Waals surface area (Å²) >= 11 is 1.74. The van der Waals surface area contributed by atoms with Crippen LogP contribution in [-0.2, 0) is 4.74 Å². The van der Waals surface area contributed by atoms with Crippen LogP contribution in [0, 0.1) is 6.92 Å². The average molecular weight is 293 g/mol. The van der Waals surface area contributed by atoms with E-state index in [1.807, 2.05) is 7.85 Å². The zero-order valence-electron chi connectivity index (χ0n) is 13.0. The van der Waals surface area contributed by atoms with Gasteiger partial charge in [-0.15, -0.1) is 11.3 Å². The van der Waals surface area contributed by atoms with E-state index in [2.05, 4.69) is 18.7 Å². The van der Waals surface area contributed by atoms with Crippen molar-refractivity contribution in [3.05, 3.63) is 11.1 Å². The van der Waals surface area contributed by atoms with Crippen molar-refractivity contribution in [2.24, 2.45) is 0 Å². The number of carbonyl (C=O) groups is 1. The lowest BCUT2D eigenvalue weighted by Crippen LogP contribution is -2.36. The van der Waals surface area contributed by atoms with E-state index in [0.717, 1.165) is 22.4 Å². The summed E-state index contributed by atoms with van der Waals surface area (Å²) in [7, 11) is 3.47. The van der Waals surface area contributed by atoms with Gasteiger partial charge in [-0.1, -0.05) is 19.3 Å². The summed E-state index contributed by atoms with van der Waals surface area (Å²) in [6.07, 6.45) is 6.57. The lowest BCUT2D eigenvalue weighted by atomic mass is 9.94. The van der Waals surface area contributed by atoms with Crippen molar-refractivity contribution in [1.29, 1.82) is 0 Å². The van der Waals surface area contributed by atoms with Crippen molar-refractivity contribution in [3.8, 4) is 0 Å². The molecular formula is C15H24BNO2S. The van der Waals surface area contributed by atoms with Crippen LogP contribution in [0.4, 0.5) is 5.00 Å². The maximum absolute atomic E-state index is 11.9. The van der Waals surface area contributed by atoms with Crippen LogP contribution >= 0.6 is 11.3 Å². The van der Waals surface area contributed by atoms with Crippen LogP contribution in [0.25, 0.3) is 0 Å². The van der Waals surface area contributed by atoms with Gasteiger partial charge in [0.25, 0.3) is 0 Å². The Labute approximate surface area is 126 Å². The topological polar surface area (TPSA) is 29.5 Å². The van der Waals surface area contributed by atoms with Crippen LogP contribution in [0.15, 0.2) is 0 Å². The molecule has 0 aliphatic heterocycles. The van der Waals surface area contributed by atoms with Crippen LogP contribution in [0.3, 0.4) is 0 Å². The number of nitrogens with zero attached hydrogens (tertiary/aromatic N) is 1. The standard InChI is InChI=1S/C15H24BNO2S/c1-4-17(11-8-6-5-7-9-11)14-10(2)12(13(16)20-14)15(18)19-3/h11H,4-9,16H2,1-3H3.